The summed E-state index contributed by atoms with van der Waals surface area (Å²) in [6.07, 6.45) is 1.29. The highest BCUT2D eigenvalue weighted by Crippen LogP contribution is 2.21. The minimum Gasteiger partial charge on any atom is -0.225 e. The summed E-state index contributed by atoms with van der Waals surface area (Å²) in [5.74, 6) is 0. The molecule has 0 atom stereocenters. The van der Waals surface area contributed by atoms with Crippen LogP contribution in [0.2, 0.25) is 0 Å². The molecule has 0 aromatic carbocycles. The molecule has 0 amide bonds. The van der Waals surface area contributed by atoms with E-state index in [1.54, 1.807) is 6.92 Å². The van der Waals surface area contributed by atoms with E-state index < -0.39 is 10.0 Å². The number of hydrogen-bond acceptors (Lipinski definition) is 5. The highest BCUT2D eigenvalue weighted by molar-refractivity contribution is 9.11. The van der Waals surface area contributed by atoms with Gasteiger partial charge < -0.3 is 0 Å². The Hall–Kier alpha value is -0.510. The van der Waals surface area contributed by atoms with Gasteiger partial charge in [0.25, 0.3) is 10.0 Å². The van der Waals surface area contributed by atoms with Crippen LogP contribution in [0.15, 0.2) is 15.1 Å². The molecule has 1 N–H and O–H groups in total. The number of halogens is 1. The van der Waals surface area contributed by atoms with E-state index in [0.717, 1.165) is 0 Å². The van der Waals surface area contributed by atoms with E-state index in [4.69, 9.17) is 0 Å². The number of nitrogens with zero attached hydrogens (tertiary/aromatic N) is 3. The summed E-state index contributed by atoms with van der Waals surface area (Å²) in [7, 11) is -3.51. The molecule has 0 saturated carbocycles. The van der Waals surface area contributed by atoms with Gasteiger partial charge in [0.05, 0.1) is 6.20 Å². The second kappa shape index (κ2) is 3.81. The number of fused-ring (bicyclic) bond motifs is 1. The van der Waals surface area contributed by atoms with Gasteiger partial charge in [-0.25, -0.2) is 18.1 Å². The van der Waals surface area contributed by atoms with Crippen LogP contribution in [-0.4, -0.2) is 29.6 Å². The lowest BCUT2D eigenvalue weighted by atomic mass is 10.8. The first-order chi connectivity index (χ1) is 7.04. The summed E-state index contributed by atoms with van der Waals surface area (Å²) < 4.78 is 27.7. The minimum absolute atomic E-state index is 0.0568. The van der Waals surface area contributed by atoms with E-state index in [2.05, 4.69) is 30.7 Å². The van der Waals surface area contributed by atoms with Crippen molar-refractivity contribution >= 4 is 42.3 Å². The van der Waals surface area contributed by atoms with Crippen molar-refractivity contribution in [2.24, 2.45) is 0 Å². The quantitative estimate of drug-likeness (QED) is 0.912. The van der Waals surface area contributed by atoms with Crippen molar-refractivity contribution in [1.29, 1.82) is 0 Å². The molecule has 0 bridgehead atoms. The maximum atomic E-state index is 11.7. The molecule has 0 aliphatic rings. The predicted octanol–water partition coefficient (Wildman–Crippen LogP) is 0.851. The third-order valence-electron chi connectivity index (χ3n) is 1.64. The molecule has 0 aliphatic heterocycles. The first-order valence-corrected chi connectivity index (χ1v) is 7.13. The molecule has 82 valence electrons. The number of nitrogens with one attached hydrogen (secondary N) is 1. The molecule has 2 rings (SSSR count). The van der Waals surface area contributed by atoms with Crippen LogP contribution in [0.4, 0.5) is 0 Å². The first-order valence-electron chi connectivity index (χ1n) is 4.04. The molecule has 2 aromatic heterocycles. The van der Waals surface area contributed by atoms with Gasteiger partial charge >= 0.3 is 0 Å². The van der Waals surface area contributed by atoms with Gasteiger partial charge in [-0.1, -0.05) is 18.3 Å². The van der Waals surface area contributed by atoms with Crippen molar-refractivity contribution in [3.05, 3.63) is 10.1 Å². The largest absolute Gasteiger partial charge is 0.259 e. The van der Waals surface area contributed by atoms with E-state index in [1.807, 2.05) is 0 Å². The minimum atomic E-state index is -3.51. The molecular formula is C6H7BrN4O2S2. The van der Waals surface area contributed by atoms with Crippen LogP contribution in [0.1, 0.15) is 6.92 Å². The van der Waals surface area contributed by atoms with Gasteiger partial charge in [0.15, 0.2) is 8.94 Å². The van der Waals surface area contributed by atoms with Crippen LogP contribution >= 0.6 is 27.3 Å². The average molecular weight is 311 g/mol. The fraction of sp³-hybridized carbons (Fsp3) is 0.333. The number of rotatable bonds is 3. The second-order valence-electron chi connectivity index (χ2n) is 2.65. The highest BCUT2D eigenvalue weighted by atomic mass is 79.9. The van der Waals surface area contributed by atoms with Crippen molar-refractivity contribution in [2.75, 3.05) is 6.54 Å². The lowest BCUT2D eigenvalue weighted by Crippen LogP contribution is -2.24. The van der Waals surface area contributed by atoms with Gasteiger partial charge in [0.1, 0.15) is 0 Å². The van der Waals surface area contributed by atoms with Gasteiger partial charge in [-0.05, 0) is 15.9 Å². The van der Waals surface area contributed by atoms with E-state index in [0.29, 0.717) is 15.4 Å². The standard InChI is InChI=1S/C6H7BrN4O2S2/c1-2-9-15(12,13)4-3-8-6-11(4)10-5(7)14-6/h3,9H,2H2,1H3. The molecule has 0 unspecified atom stereocenters. The lowest BCUT2D eigenvalue weighted by Gasteiger charge is -2.00. The zero-order chi connectivity index (χ0) is 11.1. The molecule has 2 aromatic rings. The van der Waals surface area contributed by atoms with Gasteiger partial charge in [-0.15, -0.1) is 5.10 Å². The molecule has 6 nitrogen and oxygen atoms in total. The summed E-state index contributed by atoms with van der Waals surface area (Å²) in [5.41, 5.74) is 0. The molecule has 0 aliphatic carbocycles. The van der Waals surface area contributed by atoms with Gasteiger partial charge in [0, 0.05) is 6.54 Å². The second-order valence-corrected chi connectivity index (χ2v) is 6.59. The van der Waals surface area contributed by atoms with Gasteiger partial charge in [-0.2, -0.15) is 4.52 Å². The topological polar surface area (TPSA) is 76.4 Å². The predicted molar refractivity (Wildman–Crippen MR) is 59.4 cm³/mol. The lowest BCUT2D eigenvalue weighted by molar-refractivity contribution is 0.576. The molecule has 0 fully saturated rings. The average Bonchev–Trinajstić information content (AvgIpc) is 2.61. The Kier molecular flexibility index (Phi) is 2.79. The van der Waals surface area contributed by atoms with Crippen molar-refractivity contribution in [2.45, 2.75) is 11.9 Å². The molecule has 2 heterocycles. The Morgan fingerprint density at radius 3 is 3.07 bits per heavy atom. The van der Waals surface area contributed by atoms with E-state index >= 15 is 0 Å². The van der Waals surface area contributed by atoms with Crippen molar-refractivity contribution in [3.63, 3.8) is 0 Å². The van der Waals surface area contributed by atoms with Crippen LogP contribution in [0, 0.1) is 0 Å². The Morgan fingerprint density at radius 2 is 2.40 bits per heavy atom. The Labute approximate surface area is 98.5 Å². The van der Waals surface area contributed by atoms with E-state index in [9.17, 15) is 8.42 Å². The number of imidazole rings is 1. The van der Waals surface area contributed by atoms with Crippen LogP contribution in [0.3, 0.4) is 0 Å². The van der Waals surface area contributed by atoms with Crippen LogP contribution in [0.25, 0.3) is 4.96 Å². The van der Waals surface area contributed by atoms with Crippen molar-refractivity contribution < 1.29 is 8.42 Å². The third-order valence-corrected chi connectivity index (χ3v) is 4.49. The summed E-state index contributed by atoms with van der Waals surface area (Å²) in [6, 6.07) is 0. The summed E-state index contributed by atoms with van der Waals surface area (Å²) in [6.45, 7) is 2.05. The normalized spacial score (nSPS) is 12.4. The van der Waals surface area contributed by atoms with Crippen LogP contribution in [-0.2, 0) is 10.0 Å². The summed E-state index contributed by atoms with van der Waals surface area (Å²) >= 11 is 4.45. The van der Waals surface area contributed by atoms with E-state index in [1.165, 1.54) is 22.0 Å². The molecule has 0 spiro atoms. The van der Waals surface area contributed by atoms with Gasteiger partial charge in [0.2, 0.25) is 4.96 Å². The van der Waals surface area contributed by atoms with Crippen molar-refractivity contribution in [3.8, 4) is 0 Å². The third kappa shape index (κ3) is 1.92. The van der Waals surface area contributed by atoms with Crippen LogP contribution in [0.5, 0.6) is 0 Å². The van der Waals surface area contributed by atoms with Gasteiger partial charge in [-0.3, -0.25) is 0 Å². The number of sulfonamides is 1. The Balaban J connectivity index is 2.61. The highest BCUT2D eigenvalue weighted by Gasteiger charge is 2.20. The SMILES string of the molecule is CCNS(=O)(=O)c1cnc2sc(Br)nn12. The Bertz CT molecular complexity index is 587. The molecule has 0 radical (unpaired) electrons. The number of aromatic nitrogens is 3. The first kappa shape index (κ1) is 11.0. The number of hydrogen-bond donors (Lipinski definition) is 1. The maximum absolute atomic E-state index is 11.7. The monoisotopic (exact) mass is 310 g/mol. The van der Waals surface area contributed by atoms with Crippen LogP contribution < -0.4 is 4.72 Å². The maximum Gasteiger partial charge on any atom is 0.259 e. The zero-order valence-electron chi connectivity index (χ0n) is 7.64. The smallest absolute Gasteiger partial charge is 0.225 e. The molecule has 9 heteroatoms. The van der Waals surface area contributed by atoms with E-state index in [-0.39, 0.29) is 5.03 Å². The fourth-order valence-electron chi connectivity index (χ4n) is 1.10. The van der Waals surface area contributed by atoms with Crippen molar-refractivity contribution in [1.82, 2.24) is 19.3 Å². The fourth-order valence-corrected chi connectivity index (χ4v) is 3.43. The summed E-state index contributed by atoms with van der Waals surface area (Å²) in [5, 5.41) is 4.05. The molecule has 0 saturated heterocycles. The molecule has 15 heavy (non-hydrogen) atoms. The Morgan fingerprint density at radius 1 is 1.67 bits per heavy atom. The molecular weight excluding hydrogens is 304 g/mol. The summed E-state index contributed by atoms with van der Waals surface area (Å²) in [4.78, 5) is 4.50. The zero-order valence-corrected chi connectivity index (χ0v) is 10.9.